The van der Waals surface area contributed by atoms with Crippen molar-refractivity contribution in [1.82, 2.24) is 4.31 Å². The van der Waals surface area contributed by atoms with Crippen molar-refractivity contribution >= 4 is 25.8 Å². The SMILES string of the molecule is CS(=O)(=O)CCS(=O)(=O)N1C[C@H](O)C[C@@H]1C(=O)O. The normalized spacial score (nSPS) is 26.3. The van der Waals surface area contributed by atoms with E-state index in [1.165, 1.54) is 0 Å². The molecular formula is C8H15NO7S2. The molecule has 1 fully saturated rings. The minimum atomic E-state index is -4.01. The largest absolute Gasteiger partial charge is 0.480 e. The summed E-state index contributed by atoms with van der Waals surface area (Å²) >= 11 is 0. The summed E-state index contributed by atoms with van der Waals surface area (Å²) in [6, 6.07) is -1.33. The number of aliphatic hydroxyl groups is 1. The van der Waals surface area contributed by atoms with Crippen molar-refractivity contribution in [3.05, 3.63) is 0 Å². The molecule has 0 bridgehead atoms. The summed E-state index contributed by atoms with van der Waals surface area (Å²) in [6.45, 7) is -0.316. The predicted molar refractivity (Wildman–Crippen MR) is 62.3 cm³/mol. The van der Waals surface area contributed by atoms with Crippen molar-refractivity contribution in [2.24, 2.45) is 0 Å². The number of carbonyl (C=O) groups is 1. The number of aliphatic carboxylic acids is 1. The van der Waals surface area contributed by atoms with Crippen LogP contribution in [-0.4, -0.2) is 73.8 Å². The molecule has 10 heteroatoms. The van der Waals surface area contributed by atoms with Gasteiger partial charge in [0.05, 0.1) is 17.6 Å². The summed E-state index contributed by atoms with van der Waals surface area (Å²) in [5.74, 6) is -2.61. The van der Waals surface area contributed by atoms with Gasteiger partial charge in [0.1, 0.15) is 15.9 Å². The number of carboxylic acids is 1. The molecule has 1 rings (SSSR count). The average molecular weight is 301 g/mol. The highest BCUT2D eigenvalue weighted by Crippen LogP contribution is 2.22. The maximum Gasteiger partial charge on any atom is 0.322 e. The third kappa shape index (κ3) is 3.90. The van der Waals surface area contributed by atoms with Gasteiger partial charge in [-0.3, -0.25) is 4.79 Å². The lowest BCUT2D eigenvalue weighted by Crippen LogP contribution is -2.42. The fraction of sp³-hybridized carbons (Fsp3) is 0.875. The van der Waals surface area contributed by atoms with Gasteiger partial charge in [-0.1, -0.05) is 0 Å². The van der Waals surface area contributed by atoms with Crippen LogP contribution in [0.5, 0.6) is 0 Å². The van der Waals surface area contributed by atoms with E-state index in [2.05, 4.69) is 0 Å². The maximum atomic E-state index is 11.8. The van der Waals surface area contributed by atoms with Crippen LogP contribution in [0.3, 0.4) is 0 Å². The standard InChI is InChI=1S/C8H15NO7S2/c1-17(13,14)2-3-18(15,16)9-5-6(10)4-7(9)8(11)12/h6-7,10H,2-5H2,1H3,(H,11,12)/t6-,7-/m1/s1. The molecule has 1 saturated heterocycles. The topological polar surface area (TPSA) is 129 Å². The lowest BCUT2D eigenvalue weighted by atomic mass is 10.2. The number of nitrogens with zero attached hydrogens (tertiary/aromatic N) is 1. The molecule has 0 unspecified atom stereocenters. The Kier molecular flexibility index (Phi) is 4.36. The van der Waals surface area contributed by atoms with E-state index in [1.807, 2.05) is 0 Å². The number of rotatable bonds is 5. The van der Waals surface area contributed by atoms with Crippen LogP contribution in [0.25, 0.3) is 0 Å². The van der Waals surface area contributed by atoms with Gasteiger partial charge in [0.15, 0.2) is 0 Å². The molecule has 1 aliphatic heterocycles. The Morgan fingerprint density at radius 3 is 2.28 bits per heavy atom. The maximum absolute atomic E-state index is 11.8. The summed E-state index contributed by atoms with van der Waals surface area (Å²) < 4.78 is 46.2. The van der Waals surface area contributed by atoms with E-state index in [0.29, 0.717) is 4.31 Å². The third-order valence-corrected chi connectivity index (χ3v) is 5.63. The molecule has 0 aliphatic carbocycles. The first-order valence-electron chi connectivity index (χ1n) is 5.11. The first-order chi connectivity index (χ1) is 8.03. The van der Waals surface area contributed by atoms with Crippen LogP contribution >= 0.6 is 0 Å². The van der Waals surface area contributed by atoms with E-state index in [1.54, 1.807) is 0 Å². The number of aliphatic hydroxyl groups excluding tert-OH is 1. The number of hydrogen-bond acceptors (Lipinski definition) is 6. The van der Waals surface area contributed by atoms with Gasteiger partial charge in [0, 0.05) is 19.2 Å². The van der Waals surface area contributed by atoms with Crippen molar-refractivity contribution in [3.63, 3.8) is 0 Å². The predicted octanol–water partition coefficient (Wildman–Crippen LogP) is -2.12. The molecule has 1 heterocycles. The smallest absolute Gasteiger partial charge is 0.322 e. The van der Waals surface area contributed by atoms with E-state index in [0.717, 1.165) is 6.26 Å². The van der Waals surface area contributed by atoms with Gasteiger partial charge < -0.3 is 10.2 Å². The quantitative estimate of drug-likeness (QED) is 0.594. The molecule has 2 atom stereocenters. The van der Waals surface area contributed by atoms with E-state index >= 15 is 0 Å². The summed E-state index contributed by atoms with van der Waals surface area (Å²) in [4.78, 5) is 10.9. The average Bonchev–Trinajstić information content (AvgIpc) is 2.57. The fourth-order valence-corrected chi connectivity index (χ4v) is 4.94. The van der Waals surface area contributed by atoms with E-state index < -0.39 is 49.5 Å². The van der Waals surface area contributed by atoms with Gasteiger partial charge in [-0.25, -0.2) is 16.8 Å². The number of β-amino-alcohol motifs (C(OH)–C–C–N with tert-alkyl or cyclic N) is 1. The van der Waals surface area contributed by atoms with E-state index in [9.17, 15) is 26.7 Å². The van der Waals surface area contributed by atoms with Crippen LogP contribution in [0.2, 0.25) is 0 Å². The number of sulfonamides is 1. The van der Waals surface area contributed by atoms with Crippen molar-refractivity contribution in [1.29, 1.82) is 0 Å². The molecule has 106 valence electrons. The first kappa shape index (κ1) is 15.3. The Labute approximate surface area is 105 Å². The molecule has 0 radical (unpaired) electrons. The second-order valence-corrected chi connectivity index (χ2v) is 8.56. The highest BCUT2D eigenvalue weighted by atomic mass is 32.2. The second-order valence-electron chi connectivity index (χ2n) is 4.26. The molecule has 18 heavy (non-hydrogen) atoms. The molecule has 0 amide bonds. The summed E-state index contributed by atoms with van der Waals surface area (Å²) in [5.41, 5.74) is 0. The Morgan fingerprint density at radius 1 is 1.28 bits per heavy atom. The Bertz CT molecular complexity index is 524. The van der Waals surface area contributed by atoms with Crippen LogP contribution in [0.1, 0.15) is 6.42 Å². The molecule has 0 aromatic rings. The van der Waals surface area contributed by atoms with Crippen LogP contribution in [0, 0.1) is 0 Å². The Balaban J connectivity index is 2.87. The van der Waals surface area contributed by atoms with Gasteiger partial charge in [0.2, 0.25) is 10.0 Å². The zero-order chi connectivity index (χ0) is 14.1. The molecule has 1 aliphatic rings. The number of carboxylic acid groups (broad SMARTS) is 1. The summed E-state index contributed by atoms with van der Waals surface area (Å²) in [7, 11) is -7.46. The van der Waals surface area contributed by atoms with Crippen molar-refractivity contribution < 1.29 is 31.8 Å². The zero-order valence-electron chi connectivity index (χ0n) is 9.68. The minimum absolute atomic E-state index is 0.187. The summed E-state index contributed by atoms with van der Waals surface area (Å²) in [5, 5.41) is 18.2. The monoisotopic (exact) mass is 301 g/mol. The van der Waals surface area contributed by atoms with E-state index in [4.69, 9.17) is 5.11 Å². The van der Waals surface area contributed by atoms with Crippen molar-refractivity contribution in [2.75, 3.05) is 24.3 Å². The van der Waals surface area contributed by atoms with Crippen LogP contribution in [0.4, 0.5) is 0 Å². The van der Waals surface area contributed by atoms with Crippen molar-refractivity contribution in [2.45, 2.75) is 18.6 Å². The third-order valence-electron chi connectivity index (χ3n) is 2.59. The molecule has 8 nitrogen and oxygen atoms in total. The molecule has 0 saturated carbocycles. The molecule has 0 aromatic heterocycles. The van der Waals surface area contributed by atoms with Crippen LogP contribution < -0.4 is 0 Å². The number of sulfone groups is 1. The highest BCUT2D eigenvalue weighted by molar-refractivity contribution is 7.93. The van der Waals surface area contributed by atoms with Gasteiger partial charge in [-0.2, -0.15) is 4.31 Å². The van der Waals surface area contributed by atoms with Gasteiger partial charge >= 0.3 is 5.97 Å². The highest BCUT2D eigenvalue weighted by Gasteiger charge is 2.42. The molecule has 2 N–H and O–H groups in total. The van der Waals surface area contributed by atoms with Gasteiger partial charge in [-0.05, 0) is 0 Å². The number of hydrogen-bond donors (Lipinski definition) is 2. The zero-order valence-corrected chi connectivity index (χ0v) is 11.3. The minimum Gasteiger partial charge on any atom is -0.480 e. The molecular weight excluding hydrogens is 286 g/mol. The first-order valence-corrected chi connectivity index (χ1v) is 8.78. The Hall–Kier alpha value is -0.710. The molecule has 0 spiro atoms. The van der Waals surface area contributed by atoms with Gasteiger partial charge in [0.25, 0.3) is 0 Å². The lowest BCUT2D eigenvalue weighted by molar-refractivity contribution is -0.140. The lowest BCUT2D eigenvalue weighted by Gasteiger charge is -2.20. The Morgan fingerprint density at radius 2 is 1.83 bits per heavy atom. The van der Waals surface area contributed by atoms with Crippen LogP contribution in [0.15, 0.2) is 0 Å². The summed E-state index contributed by atoms with van der Waals surface area (Å²) in [6.07, 6.45) is -0.331. The van der Waals surface area contributed by atoms with Crippen LogP contribution in [-0.2, 0) is 24.7 Å². The van der Waals surface area contributed by atoms with E-state index in [-0.39, 0.29) is 13.0 Å². The fourth-order valence-electron chi connectivity index (χ4n) is 1.69. The second kappa shape index (κ2) is 5.11. The van der Waals surface area contributed by atoms with Gasteiger partial charge in [-0.15, -0.1) is 0 Å². The van der Waals surface area contributed by atoms with Crippen molar-refractivity contribution in [3.8, 4) is 0 Å². The molecule has 0 aromatic carbocycles.